The molecule has 232 valence electrons. The van der Waals surface area contributed by atoms with Crippen molar-refractivity contribution in [3.8, 4) is 17.0 Å². The summed E-state index contributed by atoms with van der Waals surface area (Å²) in [6.45, 7) is 3.03. The van der Waals surface area contributed by atoms with Crippen LogP contribution in [0.1, 0.15) is 37.7 Å². The smallest absolute Gasteiger partial charge is 0.409 e. The molecular weight excluding hydrogens is 572 g/mol. The molecule has 5 atom stereocenters. The zero-order valence-electron chi connectivity index (χ0n) is 24.7. The van der Waals surface area contributed by atoms with E-state index in [1.54, 1.807) is 42.7 Å². The van der Waals surface area contributed by atoms with E-state index in [0.717, 1.165) is 12.0 Å². The summed E-state index contributed by atoms with van der Waals surface area (Å²) in [7, 11) is 3.07. The number of methoxy groups -OCH3 is 1. The number of likely N-dealkylation sites (N-methyl/N-ethyl adjacent to an activating group) is 1. The predicted molar refractivity (Wildman–Crippen MR) is 159 cm³/mol. The van der Waals surface area contributed by atoms with E-state index in [9.17, 15) is 4.79 Å². The first-order valence-corrected chi connectivity index (χ1v) is 14.6. The van der Waals surface area contributed by atoms with E-state index in [2.05, 4.69) is 27.3 Å². The third-order valence-electron chi connectivity index (χ3n) is 8.53. The molecule has 11 nitrogen and oxygen atoms in total. The van der Waals surface area contributed by atoms with Gasteiger partial charge in [0, 0.05) is 37.8 Å². The van der Waals surface area contributed by atoms with Crippen LogP contribution in [0, 0.1) is 17.6 Å². The van der Waals surface area contributed by atoms with E-state index in [1.165, 1.54) is 23.8 Å². The number of nitrogens with one attached hydrogen (secondary N) is 1. The quantitative estimate of drug-likeness (QED) is 0.302. The third kappa shape index (κ3) is 5.76. The standard InChI is InChI=1S/C31H35F2N7O4/c1-17-10-18(11-25(34)29(17)39(2)31(41)42-3)22-6-8-35-15-27(22)37-30-36-14-19-4-5-26(38-40(19)30)28-23(32)12-21(13-24(28)33)44-20-7-9-43-16-20/h4-6,8,12-15,17-18,20,25,29H,7,9-11,16,34H2,1-3H3,(H,36,37)/t17-,18+,20?,25+,29-/m0/s1. The van der Waals surface area contributed by atoms with Gasteiger partial charge in [0.05, 0.1) is 61.2 Å². The highest BCUT2D eigenvalue weighted by molar-refractivity contribution is 5.68. The largest absolute Gasteiger partial charge is 0.488 e. The molecule has 1 amide bonds. The summed E-state index contributed by atoms with van der Waals surface area (Å²) in [5.74, 6) is -0.910. The van der Waals surface area contributed by atoms with Crippen LogP contribution >= 0.6 is 0 Å². The van der Waals surface area contributed by atoms with Crippen molar-refractivity contribution in [3.05, 3.63) is 66.1 Å². The van der Waals surface area contributed by atoms with E-state index in [-0.39, 0.29) is 47.0 Å². The summed E-state index contributed by atoms with van der Waals surface area (Å²) in [4.78, 5) is 22.6. The lowest BCUT2D eigenvalue weighted by Crippen LogP contribution is -2.55. The molecule has 3 aromatic heterocycles. The van der Waals surface area contributed by atoms with Crippen molar-refractivity contribution in [3.63, 3.8) is 0 Å². The predicted octanol–water partition coefficient (Wildman–Crippen LogP) is 4.89. The second-order valence-corrected chi connectivity index (χ2v) is 11.5. The minimum Gasteiger partial charge on any atom is -0.488 e. The average Bonchev–Trinajstić information content (AvgIpc) is 3.66. The number of pyridine rings is 1. The summed E-state index contributed by atoms with van der Waals surface area (Å²) in [5, 5.41) is 7.86. The number of nitrogens with two attached hydrogens (primary N) is 1. The summed E-state index contributed by atoms with van der Waals surface area (Å²) in [6.07, 6.45) is 6.50. The van der Waals surface area contributed by atoms with Crippen molar-refractivity contribution in [1.82, 2.24) is 24.5 Å². The number of fused-ring (bicyclic) bond motifs is 1. The lowest BCUT2D eigenvalue weighted by atomic mass is 9.73. The third-order valence-corrected chi connectivity index (χ3v) is 8.53. The van der Waals surface area contributed by atoms with Gasteiger partial charge in [-0.05, 0) is 48.4 Å². The van der Waals surface area contributed by atoms with Crippen molar-refractivity contribution >= 4 is 23.2 Å². The zero-order chi connectivity index (χ0) is 31.0. The van der Waals surface area contributed by atoms with Gasteiger partial charge in [0.2, 0.25) is 5.95 Å². The van der Waals surface area contributed by atoms with Gasteiger partial charge in [0.25, 0.3) is 0 Å². The minimum atomic E-state index is -0.783. The Bertz CT molecular complexity index is 1630. The maximum absolute atomic E-state index is 15.2. The van der Waals surface area contributed by atoms with Crippen LogP contribution in [0.2, 0.25) is 0 Å². The number of ether oxygens (including phenoxy) is 3. The number of nitrogens with zero attached hydrogens (tertiary/aromatic N) is 5. The topological polar surface area (TPSA) is 129 Å². The van der Waals surface area contributed by atoms with Crippen molar-refractivity contribution < 1.29 is 27.8 Å². The van der Waals surface area contributed by atoms with E-state index in [0.29, 0.717) is 43.2 Å². The molecule has 3 N–H and O–H groups in total. The molecule has 13 heteroatoms. The normalized spacial score (nSPS) is 23.5. The molecule has 1 aromatic carbocycles. The number of hydrogen-bond donors (Lipinski definition) is 2. The first-order chi connectivity index (χ1) is 21.2. The molecule has 1 aliphatic carbocycles. The summed E-state index contributed by atoms with van der Waals surface area (Å²) < 4.78 is 47.8. The Morgan fingerprint density at radius 3 is 2.68 bits per heavy atom. The molecule has 0 bridgehead atoms. The fourth-order valence-electron chi connectivity index (χ4n) is 6.51. The molecule has 6 rings (SSSR count). The van der Waals surface area contributed by atoms with E-state index < -0.39 is 17.7 Å². The Balaban J connectivity index is 1.26. The maximum Gasteiger partial charge on any atom is 0.409 e. The van der Waals surface area contributed by atoms with Crippen molar-refractivity contribution in [1.29, 1.82) is 0 Å². The molecule has 2 fully saturated rings. The molecule has 4 aromatic rings. The summed E-state index contributed by atoms with van der Waals surface area (Å²) in [5.41, 5.74) is 8.79. The van der Waals surface area contributed by atoms with Gasteiger partial charge in [-0.25, -0.2) is 18.6 Å². The van der Waals surface area contributed by atoms with E-state index >= 15 is 8.78 Å². The monoisotopic (exact) mass is 607 g/mol. The lowest BCUT2D eigenvalue weighted by Gasteiger charge is -2.43. The molecule has 1 saturated heterocycles. The molecular formula is C31H35F2N7O4. The zero-order valence-corrected chi connectivity index (χ0v) is 24.7. The van der Waals surface area contributed by atoms with Gasteiger partial charge in [0.15, 0.2) is 0 Å². The lowest BCUT2D eigenvalue weighted by molar-refractivity contribution is 0.0778. The van der Waals surface area contributed by atoms with Crippen molar-refractivity contribution in [2.45, 2.75) is 50.3 Å². The first kappa shape index (κ1) is 29.7. The number of rotatable bonds is 7. The number of anilines is 2. The number of halogens is 2. The maximum atomic E-state index is 15.2. The second kappa shape index (κ2) is 12.3. The number of benzene rings is 1. The summed E-state index contributed by atoms with van der Waals surface area (Å²) >= 11 is 0. The van der Waals surface area contributed by atoms with Crippen LogP contribution in [-0.2, 0) is 9.47 Å². The fraction of sp³-hybridized carbons (Fsp3) is 0.419. The van der Waals surface area contributed by atoms with E-state index in [4.69, 9.17) is 19.9 Å². The van der Waals surface area contributed by atoms with Crippen LogP contribution in [0.3, 0.4) is 0 Å². The van der Waals surface area contributed by atoms with E-state index in [1.807, 2.05) is 6.07 Å². The first-order valence-electron chi connectivity index (χ1n) is 14.6. The number of imidazole rings is 1. The Kier molecular flexibility index (Phi) is 8.32. The number of carbonyl (C=O) groups is 1. The van der Waals surface area contributed by atoms with Gasteiger partial charge in [-0.3, -0.25) is 4.98 Å². The number of aromatic nitrogens is 4. The molecule has 1 unspecified atom stereocenters. The van der Waals surface area contributed by atoms with Gasteiger partial charge in [0.1, 0.15) is 23.5 Å². The average molecular weight is 608 g/mol. The number of amides is 1. The van der Waals surface area contributed by atoms with Crippen LogP contribution in [0.4, 0.5) is 25.2 Å². The number of hydrogen-bond acceptors (Lipinski definition) is 9. The number of carbonyl (C=O) groups excluding carboxylic acids is 1. The summed E-state index contributed by atoms with van der Waals surface area (Å²) in [6, 6.07) is 7.10. The van der Waals surface area contributed by atoms with Gasteiger partial charge in [-0.2, -0.15) is 9.61 Å². The Morgan fingerprint density at radius 2 is 1.98 bits per heavy atom. The minimum absolute atomic E-state index is 0.0854. The Hall–Kier alpha value is -4.36. The van der Waals surface area contributed by atoms with Crippen molar-refractivity contribution in [2.75, 3.05) is 32.7 Å². The van der Waals surface area contributed by atoms with Gasteiger partial charge < -0.3 is 30.2 Å². The highest BCUT2D eigenvalue weighted by Gasteiger charge is 2.39. The van der Waals surface area contributed by atoms with Gasteiger partial charge in [-0.15, -0.1) is 0 Å². The van der Waals surface area contributed by atoms with Crippen LogP contribution in [0.5, 0.6) is 5.75 Å². The van der Waals surface area contributed by atoms with Crippen LogP contribution in [0.15, 0.2) is 48.9 Å². The van der Waals surface area contributed by atoms with Gasteiger partial charge >= 0.3 is 6.09 Å². The van der Waals surface area contributed by atoms with Crippen LogP contribution < -0.4 is 15.8 Å². The Labute approximate surface area is 253 Å². The molecule has 0 spiro atoms. The van der Waals surface area contributed by atoms with Crippen LogP contribution in [0.25, 0.3) is 16.8 Å². The highest BCUT2D eigenvalue weighted by Crippen LogP contribution is 2.40. The molecule has 2 aliphatic rings. The highest BCUT2D eigenvalue weighted by atomic mass is 19.1. The fourth-order valence-corrected chi connectivity index (χ4v) is 6.51. The SMILES string of the molecule is COC(=O)N(C)[C@@H]1[C@H](N)C[C@H](c2ccncc2Nc2ncc3ccc(-c4c(F)cc(OC5CCOC5)cc4F)nn23)C[C@@H]1C. The van der Waals surface area contributed by atoms with Gasteiger partial charge in [-0.1, -0.05) is 6.92 Å². The van der Waals surface area contributed by atoms with Crippen LogP contribution in [-0.4, -0.2) is 76.1 Å². The Morgan fingerprint density at radius 1 is 1.18 bits per heavy atom. The second-order valence-electron chi connectivity index (χ2n) is 11.5. The molecule has 1 aliphatic heterocycles. The molecule has 0 radical (unpaired) electrons. The van der Waals surface area contributed by atoms with Crippen molar-refractivity contribution in [2.24, 2.45) is 11.7 Å². The molecule has 4 heterocycles. The molecule has 44 heavy (non-hydrogen) atoms. The molecule has 1 saturated carbocycles.